The molecule has 0 spiro atoms. The smallest absolute Gasteiger partial charge is 0.191 e. The van der Waals surface area contributed by atoms with Crippen LogP contribution in [-0.4, -0.2) is 55.2 Å². The van der Waals surface area contributed by atoms with Gasteiger partial charge in [0.25, 0.3) is 0 Å². The van der Waals surface area contributed by atoms with E-state index < -0.39 is 0 Å². The van der Waals surface area contributed by atoms with Gasteiger partial charge in [-0.15, -0.1) is 35.3 Å². The van der Waals surface area contributed by atoms with Crippen LogP contribution < -0.4 is 10.6 Å². The van der Waals surface area contributed by atoms with E-state index in [0.29, 0.717) is 6.54 Å². The van der Waals surface area contributed by atoms with Gasteiger partial charge in [0.1, 0.15) is 16.5 Å². The quantitative estimate of drug-likeness (QED) is 0.308. The summed E-state index contributed by atoms with van der Waals surface area (Å²) in [6.45, 7) is 11.6. The summed E-state index contributed by atoms with van der Waals surface area (Å²) >= 11 is 1.73. The second kappa shape index (κ2) is 12.5. The lowest BCUT2D eigenvalue weighted by Crippen LogP contribution is -2.46. The van der Waals surface area contributed by atoms with Crippen LogP contribution in [0.4, 0.5) is 0 Å². The summed E-state index contributed by atoms with van der Waals surface area (Å²) in [7, 11) is 0. The van der Waals surface area contributed by atoms with Crippen LogP contribution >= 0.6 is 35.3 Å². The summed E-state index contributed by atoms with van der Waals surface area (Å²) in [4.78, 5) is 12.9. The molecule has 29 heavy (non-hydrogen) atoms. The number of halogens is 1. The zero-order valence-corrected chi connectivity index (χ0v) is 20.6. The van der Waals surface area contributed by atoms with E-state index in [4.69, 9.17) is 14.1 Å². The highest BCUT2D eigenvalue weighted by molar-refractivity contribution is 14.0. The van der Waals surface area contributed by atoms with Gasteiger partial charge in [-0.3, -0.25) is 4.90 Å². The van der Waals surface area contributed by atoms with Crippen LogP contribution in [0.15, 0.2) is 27.7 Å². The van der Waals surface area contributed by atoms with Gasteiger partial charge in [0.2, 0.25) is 0 Å². The fourth-order valence-corrected chi connectivity index (χ4v) is 3.98. The lowest BCUT2D eigenvalue weighted by molar-refractivity contribution is 0.0124. The largest absolute Gasteiger partial charge is 0.465 e. The molecule has 0 saturated carbocycles. The molecule has 7 nitrogen and oxygen atoms in total. The fourth-order valence-electron chi connectivity index (χ4n) is 3.20. The van der Waals surface area contributed by atoms with Crippen molar-refractivity contribution in [1.82, 2.24) is 20.5 Å². The predicted octanol–water partition coefficient (Wildman–Crippen LogP) is 3.35. The first kappa shape index (κ1) is 24.1. The minimum Gasteiger partial charge on any atom is -0.465 e. The average molecular weight is 533 g/mol. The number of nitrogens with zero attached hydrogens (tertiary/aromatic N) is 3. The van der Waals surface area contributed by atoms with Gasteiger partial charge in [0, 0.05) is 37.3 Å². The second-order valence-electron chi connectivity index (χ2n) is 6.76. The molecule has 9 heteroatoms. The van der Waals surface area contributed by atoms with Crippen LogP contribution in [0.5, 0.6) is 0 Å². The molecule has 0 aromatic carbocycles. The normalized spacial score (nSPS) is 16.3. The first-order valence-electron chi connectivity index (χ1n) is 10.0. The predicted molar refractivity (Wildman–Crippen MR) is 128 cm³/mol. The summed E-state index contributed by atoms with van der Waals surface area (Å²) < 4.78 is 11.5. The van der Waals surface area contributed by atoms with E-state index in [1.807, 2.05) is 19.2 Å². The van der Waals surface area contributed by atoms with Gasteiger partial charge in [-0.2, -0.15) is 0 Å². The van der Waals surface area contributed by atoms with Crippen LogP contribution in [-0.2, 0) is 17.7 Å². The minimum atomic E-state index is 0. The van der Waals surface area contributed by atoms with E-state index in [0.717, 1.165) is 68.3 Å². The maximum atomic E-state index is 5.94. The second-order valence-corrected chi connectivity index (χ2v) is 7.96. The third-order valence-electron chi connectivity index (χ3n) is 4.71. The molecular weight excluding hydrogens is 501 g/mol. The maximum absolute atomic E-state index is 5.94. The first-order valence-corrected chi connectivity index (χ1v) is 10.8. The highest BCUT2D eigenvalue weighted by Gasteiger charge is 2.25. The molecule has 1 aliphatic rings. The van der Waals surface area contributed by atoms with Crippen molar-refractivity contribution >= 4 is 41.3 Å². The summed E-state index contributed by atoms with van der Waals surface area (Å²) in [5.41, 5.74) is 0. The van der Waals surface area contributed by atoms with E-state index >= 15 is 0 Å². The molecule has 1 aliphatic heterocycles. The number of rotatable bonds is 8. The highest BCUT2D eigenvalue weighted by Crippen LogP contribution is 2.23. The summed E-state index contributed by atoms with van der Waals surface area (Å²) in [5.74, 6) is 2.72. The van der Waals surface area contributed by atoms with E-state index in [9.17, 15) is 0 Å². The Labute approximate surface area is 194 Å². The fraction of sp³-hybridized carbons (Fsp3) is 0.600. The number of aryl methyl sites for hydroxylation is 2. The molecule has 1 fully saturated rings. The topological polar surface area (TPSA) is 74.9 Å². The number of ether oxygens (including phenoxy) is 1. The Kier molecular flexibility index (Phi) is 10.4. The molecule has 0 aliphatic carbocycles. The number of hydrogen-bond acceptors (Lipinski definition) is 6. The van der Waals surface area contributed by atoms with Gasteiger partial charge in [-0.1, -0.05) is 6.92 Å². The Morgan fingerprint density at radius 2 is 2.07 bits per heavy atom. The lowest BCUT2D eigenvalue weighted by Gasteiger charge is -2.33. The van der Waals surface area contributed by atoms with Gasteiger partial charge in [-0.25, -0.2) is 9.98 Å². The molecule has 2 N–H and O–H groups in total. The van der Waals surface area contributed by atoms with E-state index in [1.165, 1.54) is 4.88 Å². The molecule has 1 unspecified atom stereocenters. The van der Waals surface area contributed by atoms with Gasteiger partial charge in [-0.05, 0) is 32.4 Å². The molecule has 3 heterocycles. The van der Waals surface area contributed by atoms with E-state index in [-0.39, 0.29) is 30.0 Å². The summed E-state index contributed by atoms with van der Waals surface area (Å²) in [6.07, 6.45) is 2.97. The third-order valence-corrected chi connectivity index (χ3v) is 5.83. The Bertz CT molecular complexity index is 758. The van der Waals surface area contributed by atoms with Crippen molar-refractivity contribution in [2.45, 2.75) is 39.8 Å². The molecule has 2 aromatic heterocycles. The van der Waals surface area contributed by atoms with Crippen molar-refractivity contribution in [3.63, 3.8) is 0 Å². The first-order chi connectivity index (χ1) is 13.7. The van der Waals surface area contributed by atoms with Crippen molar-refractivity contribution < 1.29 is 9.15 Å². The van der Waals surface area contributed by atoms with Crippen LogP contribution in [0.2, 0.25) is 0 Å². The molecular formula is C20H32IN5O2S. The van der Waals surface area contributed by atoms with Crippen molar-refractivity contribution in [3.05, 3.63) is 39.7 Å². The van der Waals surface area contributed by atoms with Crippen LogP contribution in [0.25, 0.3) is 0 Å². The minimum absolute atomic E-state index is 0. The average Bonchev–Trinajstić information content (AvgIpc) is 3.36. The Morgan fingerprint density at radius 1 is 1.28 bits per heavy atom. The van der Waals surface area contributed by atoms with Crippen molar-refractivity contribution in [2.24, 2.45) is 4.99 Å². The van der Waals surface area contributed by atoms with Gasteiger partial charge in [0.05, 0.1) is 25.8 Å². The lowest BCUT2D eigenvalue weighted by atomic mass is 10.1. The molecule has 2 aromatic rings. The summed E-state index contributed by atoms with van der Waals surface area (Å²) in [6, 6.07) is 4.24. The van der Waals surface area contributed by atoms with E-state index in [2.05, 4.69) is 40.4 Å². The molecule has 1 saturated heterocycles. The van der Waals surface area contributed by atoms with Crippen LogP contribution in [0.3, 0.4) is 0 Å². The molecule has 0 amide bonds. The van der Waals surface area contributed by atoms with Crippen LogP contribution in [0, 0.1) is 6.92 Å². The maximum Gasteiger partial charge on any atom is 0.191 e. The Balaban J connectivity index is 0.00000300. The molecule has 0 bridgehead atoms. The number of guanidine groups is 1. The van der Waals surface area contributed by atoms with E-state index in [1.54, 1.807) is 11.3 Å². The van der Waals surface area contributed by atoms with Crippen LogP contribution in [0.1, 0.15) is 41.3 Å². The van der Waals surface area contributed by atoms with Crippen molar-refractivity contribution in [2.75, 3.05) is 39.4 Å². The Morgan fingerprint density at radius 3 is 2.69 bits per heavy atom. The third kappa shape index (κ3) is 7.23. The molecule has 0 radical (unpaired) electrons. The number of aromatic nitrogens is 1. The van der Waals surface area contributed by atoms with Crippen molar-refractivity contribution in [3.8, 4) is 0 Å². The Hall–Kier alpha value is -1.17. The highest BCUT2D eigenvalue weighted by atomic mass is 127. The number of furan rings is 1. The zero-order valence-electron chi connectivity index (χ0n) is 17.4. The van der Waals surface area contributed by atoms with Gasteiger partial charge < -0.3 is 19.8 Å². The number of aliphatic imine (C=N–C) groups is 1. The standard InChI is InChI=1S/C20H31N5O2S.HI/c1-4-16-12-22-19(28-16)14-24-20(21-5-2)23-13-17(18-7-6-15(3)27-18)25-8-10-26-11-9-25;/h6-7,12,17H,4-5,8-11,13-14H2,1-3H3,(H2,21,23,24);1H. The number of nitrogens with one attached hydrogen (secondary N) is 2. The SMILES string of the molecule is CCNC(=NCc1ncc(CC)s1)NCC(c1ccc(C)o1)N1CCOCC1.I. The van der Waals surface area contributed by atoms with Gasteiger partial charge in [0.15, 0.2) is 5.96 Å². The number of hydrogen-bond donors (Lipinski definition) is 2. The molecule has 3 rings (SSSR count). The summed E-state index contributed by atoms with van der Waals surface area (Å²) in [5, 5.41) is 7.86. The molecule has 1 atom stereocenters. The van der Waals surface area contributed by atoms with Crippen molar-refractivity contribution in [1.29, 1.82) is 0 Å². The van der Waals surface area contributed by atoms with Gasteiger partial charge >= 0.3 is 0 Å². The number of thiazole rings is 1. The zero-order chi connectivity index (χ0) is 19.8. The monoisotopic (exact) mass is 533 g/mol. The number of morpholine rings is 1. The molecule has 162 valence electrons.